The van der Waals surface area contributed by atoms with Gasteiger partial charge in [-0.15, -0.1) is 0 Å². The Morgan fingerprint density at radius 2 is 1.90 bits per heavy atom. The van der Waals surface area contributed by atoms with Crippen LogP contribution in [0.4, 0.5) is 0 Å². The molecule has 0 heterocycles. The van der Waals surface area contributed by atoms with Crippen molar-refractivity contribution >= 4 is 23.2 Å². The van der Waals surface area contributed by atoms with Crippen LogP contribution in [0.15, 0.2) is 36.4 Å². The topological polar surface area (TPSA) is 38.0 Å². The molecule has 4 heteroatoms. The molecule has 0 amide bonds. The molecule has 1 atom stereocenters. The summed E-state index contributed by atoms with van der Waals surface area (Å²) in [5.41, 5.74) is 7.06. The lowest BCUT2D eigenvalue weighted by atomic mass is 9.97. The summed E-state index contributed by atoms with van der Waals surface area (Å²) < 4.78 is 0. The first-order valence-corrected chi connectivity index (χ1v) is 7.24. The predicted molar refractivity (Wildman–Crippen MR) is 86.1 cm³/mol. The second-order valence-electron chi connectivity index (χ2n) is 5.00. The fourth-order valence-corrected chi connectivity index (χ4v) is 2.81. The van der Waals surface area contributed by atoms with Crippen LogP contribution in [0.25, 0.3) is 0 Å². The van der Waals surface area contributed by atoms with Crippen molar-refractivity contribution in [3.05, 3.63) is 68.7 Å². The number of rotatable bonds is 4. The van der Waals surface area contributed by atoms with Gasteiger partial charge in [0.15, 0.2) is 0 Å². The Kier molecular flexibility index (Phi) is 5.06. The molecule has 2 rings (SSSR count). The Morgan fingerprint density at radius 3 is 2.55 bits per heavy atom. The molecule has 0 spiro atoms. The first-order valence-electron chi connectivity index (χ1n) is 6.49. The molecule has 0 fully saturated rings. The summed E-state index contributed by atoms with van der Waals surface area (Å²) in [6.45, 7) is 4.00. The fraction of sp³-hybridized carbons (Fsp3) is 0.250. The highest BCUT2D eigenvalue weighted by Crippen LogP contribution is 2.30. The van der Waals surface area contributed by atoms with Gasteiger partial charge in [-0.05, 0) is 48.6 Å². The lowest BCUT2D eigenvalue weighted by molar-refractivity contribution is 0.552. The Hall–Kier alpha value is -1.06. The summed E-state index contributed by atoms with van der Waals surface area (Å²) in [4.78, 5) is 0. The minimum Gasteiger partial charge on any atom is -0.271 e. The van der Waals surface area contributed by atoms with Crippen LogP contribution in [-0.4, -0.2) is 0 Å². The summed E-state index contributed by atoms with van der Waals surface area (Å²) in [6.07, 6.45) is 0.693. The highest BCUT2D eigenvalue weighted by Gasteiger charge is 2.16. The van der Waals surface area contributed by atoms with Gasteiger partial charge in [-0.1, -0.05) is 53.5 Å². The van der Waals surface area contributed by atoms with E-state index in [1.165, 1.54) is 0 Å². The molecule has 20 heavy (non-hydrogen) atoms. The largest absolute Gasteiger partial charge is 0.271 e. The zero-order chi connectivity index (χ0) is 14.7. The van der Waals surface area contributed by atoms with E-state index < -0.39 is 0 Å². The van der Waals surface area contributed by atoms with Crippen LogP contribution >= 0.6 is 23.2 Å². The second kappa shape index (κ2) is 6.59. The van der Waals surface area contributed by atoms with E-state index in [4.69, 9.17) is 29.0 Å². The maximum Gasteiger partial charge on any atom is 0.0515 e. The molecule has 106 valence electrons. The van der Waals surface area contributed by atoms with Crippen LogP contribution in [0.3, 0.4) is 0 Å². The van der Waals surface area contributed by atoms with Gasteiger partial charge in [-0.2, -0.15) is 0 Å². The number of benzene rings is 2. The molecule has 0 aliphatic heterocycles. The number of hydrogen-bond donors (Lipinski definition) is 2. The van der Waals surface area contributed by atoms with E-state index in [9.17, 15) is 0 Å². The van der Waals surface area contributed by atoms with Crippen LogP contribution in [0, 0.1) is 13.8 Å². The summed E-state index contributed by atoms with van der Waals surface area (Å²) in [5.74, 6) is 5.70. The smallest absolute Gasteiger partial charge is 0.0515 e. The predicted octanol–water partition coefficient (Wildman–Crippen LogP) is 4.36. The van der Waals surface area contributed by atoms with Crippen molar-refractivity contribution in [3.8, 4) is 0 Å². The molecule has 2 aromatic rings. The van der Waals surface area contributed by atoms with E-state index in [0.29, 0.717) is 6.42 Å². The molecule has 0 saturated heterocycles. The van der Waals surface area contributed by atoms with E-state index in [2.05, 4.69) is 5.43 Å². The molecule has 0 radical (unpaired) electrons. The summed E-state index contributed by atoms with van der Waals surface area (Å²) in [7, 11) is 0. The molecule has 0 aliphatic carbocycles. The monoisotopic (exact) mass is 308 g/mol. The number of halogens is 2. The van der Waals surface area contributed by atoms with Crippen LogP contribution in [0.5, 0.6) is 0 Å². The standard InChI is InChI=1S/C16H18Cl2N2/c1-10-6-7-12(14(17)8-10)9-15(20-19)13-5-3-4-11(2)16(13)18/h3-8,15,20H,9,19H2,1-2H3. The number of nitrogens with one attached hydrogen (secondary N) is 1. The number of aryl methyl sites for hydroxylation is 2. The third-order valence-electron chi connectivity index (χ3n) is 3.43. The van der Waals surface area contributed by atoms with Crippen molar-refractivity contribution in [1.29, 1.82) is 0 Å². The summed E-state index contributed by atoms with van der Waals surface area (Å²) in [6, 6.07) is 11.9. The van der Waals surface area contributed by atoms with Crippen LogP contribution in [0.1, 0.15) is 28.3 Å². The van der Waals surface area contributed by atoms with Gasteiger partial charge in [0.1, 0.15) is 0 Å². The van der Waals surface area contributed by atoms with Crippen LogP contribution in [0.2, 0.25) is 10.0 Å². The SMILES string of the molecule is Cc1ccc(CC(NN)c2cccc(C)c2Cl)c(Cl)c1. The zero-order valence-corrected chi connectivity index (χ0v) is 13.1. The number of hydrogen-bond acceptors (Lipinski definition) is 2. The van der Waals surface area contributed by atoms with Gasteiger partial charge in [-0.3, -0.25) is 11.3 Å². The van der Waals surface area contributed by atoms with E-state index in [0.717, 1.165) is 32.3 Å². The van der Waals surface area contributed by atoms with Gasteiger partial charge in [-0.25, -0.2) is 0 Å². The molecular weight excluding hydrogens is 291 g/mol. The van der Waals surface area contributed by atoms with Crippen molar-refractivity contribution in [2.45, 2.75) is 26.3 Å². The Morgan fingerprint density at radius 1 is 1.15 bits per heavy atom. The maximum absolute atomic E-state index is 6.37. The van der Waals surface area contributed by atoms with Gasteiger partial charge >= 0.3 is 0 Å². The normalized spacial score (nSPS) is 12.4. The minimum absolute atomic E-state index is 0.0670. The Bertz CT molecular complexity index is 611. The third kappa shape index (κ3) is 3.33. The highest BCUT2D eigenvalue weighted by atomic mass is 35.5. The Balaban J connectivity index is 2.31. The van der Waals surface area contributed by atoms with Crippen molar-refractivity contribution in [2.75, 3.05) is 0 Å². The van der Waals surface area contributed by atoms with E-state index in [-0.39, 0.29) is 6.04 Å². The fourth-order valence-electron chi connectivity index (χ4n) is 2.24. The molecule has 0 aliphatic rings. The Labute approximate surface area is 129 Å². The lowest BCUT2D eigenvalue weighted by Gasteiger charge is -2.19. The van der Waals surface area contributed by atoms with Crippen molar-refractivity contribution in [3.63, 3.8) is 0 Å². The first-order chi connectivity index (χ1) is 9.52. The first kappa shape index (κ1) is 15.3. The molecule has 1 unspecified atom stereocenters. The van der Waals surface area contributed by atoms with Crippen molar-refractivity contribution in [1.82, 2.24) is 5.43 Å². The molecule has 3 N–H and O–H groups in total. The molecule has 0 aromatic heterocycles. The number of hydrazine groups is 1. The molecular formula is C16H18Cl2N2. The van der Waals surface area contributed by atoms with Crippen LogP contribution < -0.4 is 11.3 Å². The van der Waals surface area contributed by atoms with E-state index in [1.54, 1.807) is 0 Å². The molecule has 2 aromatic carbocycles. The van der Waals surface area contributed by atoms with Gasteiger partial charge in [0.05, 0.1) is 6.04 Å². The van der Waals surface area contributed by atoms with Gasteiger partial charge < -0.3 is 0 Å². The van der Waals surface area contributed by atoms with Gasteiger partial charge in [0.2, 0.25) is 0 Å². The zero-order valence-electron chi connectivity index (χ0n) is 11.6. The number of nitrogens with two attached hydrogens (primary N) is 1. The summed E-state index contributed by atoms with van der Waals surface area (Å²) in [5, 5.41) is 1.51. The molecule has 2 nitrogen and oxygen atoms in total. The van der Waals surface area contributed by atoms with Gasteiger partial charge in [0, 0.05) is 10.0 Å². The van der Waals surface area contributed by atoms with Crippen LogP contribution in [-0.2, 0) is 6.42 Å². The molecule has 0 saturated carbocycles. The average molecular weight is 309 g/mol. The van der Waals surface area contributed by atoms with E-state index in [1.807, 2.05) is 50.2 Å². The second-order valence-corrected chi connectivity index (χ2v) is 5.78. The lowest BCUT2D eigenvalue weighted by Crippen LogP contribution is -2.30. The maximum atomic E-state index is 6.37. The average Bonchev–Trinajstić information content (AvgIpc) is 2.42. The van der Waals surface area contributed by atoms with Crippen molar-refractivity contribution < 1.29 is 0 Å². The van der Waals surface area contributed by atoms with E-state index >= 15 is 0 Å². The van der Waals surface area contributed by atoms with Gasteiger partial charge in [0.25, 0.3) is 0 Å². The minimum atomic E-state index is -0.0670. The molecule has 0 bridgehead atoms. The summed E-state index contributed by atoms with van der Waals surface area (Å²) >= 11 is 12.7. The highest BCUT2D eigenvalue weighted by molar-refractivity contribution is 6.32. The van der Waals surface area contributed by atoms with Crippen molar-refractivity contribution in [2.24, 2.45) is 5.84 Å². The quantitative estimate of drug-likeness (QED) is 0.650. The third-order valence-corrected chi connectivity index (χ3v) is 4.30.